The lowest BCUT2D eigenvalue weighted by Crippen LogP contribution is -2.63. The van der Waals surface area contributed by atoms with E-state index in [0.29, 0.717) is 5.41 Å². The topological polar surface area (TPSA) is 61.6 Å². The molecule has 0 saturated carbocycles. The van der Waals surface area contributed by atoms with Gasteiger partial charge >= 0.3 is 6.03 Å². The van der Waals surface area contributed by atoms with Crippen molar-refractivity contribution in [1.82, 2.24) is 15.2 Å². The average Bonchev–Trinajstić information content (AvgIpc) is 2.16. The number of rotatable bonds is 0. The van der Waals surface area contributed by atoms with Crippen LogP contribution in [0.2, 0.25) is 0 Å². The lowest BCUT2D eigenvalue weighted by atomic mass is 9.73. The van der Waals surface area contributed by atoms with Gasteiger partial charge in [-0.05, 0) is 12.8 Å². The Hall–Kier alpha value is -0.810. The standard InChI is InChI=1S/C9H18N4O/c1-11-8(14)12-4-2-9(3-5-12)6-13(10)7-9/h2-7,10H2,1H3,(H,11,14). The molecule has 3 N–H and O–H groups in total. The highest BCUT2D eigenvalue weighted by Gasteiger charge is 2.44. The van der Waals surface area contributed by atoms with Gasteiger partial charge in [0.2, 0.25) is 0 Å². The summed E-state index contributed by atoms with van der Waals surface area (Å²) in [6, 6.07) is 0.0452. The molecule has 2 amide bonds. The van der Waals surface area contributed by atoms with Gasteiger partial charge in [-0.25, -0.2) is 9.80 Å². The lowest BCUT2D eigenvalue weighted by molar-refractivity contribution is -0.0399. The van der Waals surface area contributed by atoms with Crippen LogP contribution in [0.3, 0.4) is 0 Å². The maximum Gasteiger partial charge on any atom is 0.317 e. The Morgan fingerprint density at radius 3 is 2.36 bits per heavy atom. The van der Waals surface area contributed by atoms with E-state index >= 15 is 0 Å². The van der Waals surface area contributed by atoms with Crippen LogP contribution in [0.1, 0.15) is 12.8 Å². The first kappa shape index (κ1) is 9.73. The second-order valence-corrected chi connectivity index (χ2v) is 4.45. The molecule has 2 aliphatic rings. The van der Waals surface area contributed by atoms with E-state index in [1.807, 2.05) is 9.91 Å². The predicted octanol–water partition coefficient (Wildman–Crippen LogP) is -0.403. The predicted molar refractivity (Wildman–Crippen MR) is 53.5 cm³/mol. The second-order valence-electron chi connectivity index (χ2n) is 4.45. The molecule has 1 spiro atoms. The maximum absolute atomic E-state index is 11.3. The van der Waals surface area contributed by atoms with Gasteiger partial charge in [0.25, 0.3) is 0 Å². The SMILES string of the molecule is CNC(=O)N1CCC2(CC1)CN(N)C2. The van der Waals surface area contributed by atoms with Crippen molar-refractivity contribution in [3.05, 3.63) is 0 Å². The Labute approximate surface area is 84.2 Å². The number of likely N-dealkylation sites (tertiary alicyclic amines) is 1. The molecule has 5 heteroatoms. The molecule has 0 bridgehead atoms. The number of hydrazine groups is 1. The molecular weight excluding hydrogens is 180 g/mol. The molecule has 2 rings (SSSR count). The number of nitrogens with two attached hydrogens (primary N) is 1. The van der Waals surface area contributed by atoms with Gasteiger partial charge in [-0.1, -0.05) is 0 Å². The third kappa shape index (κ3) is 1.57. The van der Waals surface area contributed by atoms with Gasteiger partial charge in [-0.2, -0.15) is 0 Å². The second kappa shape index (κ2) is 3.40. The van der Waals surface area contributed by atoms with Gasteiger partial charge in [0, 0.05) is 38.6 Å². The monoisotopic (exact) mass is 198 g/mol. The summed E-state index contributed by atoms with van der Waals surface area (Å²) in [5, 5.41) is 4.52. The van der Waals surface area contributed by atoms with Crippen LogP contribution in [0, 0.1) is 5.41 Å². The molecule has 2 heterocycles. The molecule has 0 unspecified atom stereocenters. The normalized spacial score (nSPS) is 26.0. The molecule has 80 valence electrons. The summed E-state index contributed by atoms with van der Waals surface area (Å²) in [7, 11) is 1.68. The maximum atomic E-state index is 11.3. The quantitative estimate of drug-likeness (QED) is 0.520. The third-order valence-corrected chi connectivity index (χ3v) is 3.40. The molecule has 5 nitrogen and oxygen atoms in total. The summed E-state index contributed by atoms with van der Waals surface area (Å²) in [6.45, 7) is 3.73. The Bertz CT molecular complexity index is 227. The molecule has 0 aromatic rings. The van der Waals surface area contributed by atoms with Gasteiger partial charge in [0.1, 0.15) is 0 Å². The van der Waals surface area contributed by atoms with Crippen molar-refractivity contribution in [2.45, 2.75) is 12.8 Å². The minimum atomic E-state index is 0.0452. The van der Waals surface area contributed by atoms with Crippen LogP contribution in [-0.4, -0.2) is 49.2 Å². The molecule has 2 aliphatic heterocycles. The first-order valence-electron chi connectivity index (χ1n) is 5.12. The summed E-state index contributed by atoms with van der Waals surface area (Å²) in [5.41, 5.74) is 0.416. The van der Waals surface area contributed by atoms with Crippen LogP contribution >= 0.6 is 0 Å². The molecular formula is C9H18N4O. The average molecular weight is 198 g/mol. The highest BCUT2D eigenvalue weighted by molar-refractivity contribution is 5.73. The molecule has 0 aliphatic carbocycles. The number of hydrogen-bond donors (Lipinski definition) is 2. The summed E-state index contributed by atoms with van der Waals surface area (Å²) in [6.07, 6.45) is 2.18. The summed E-state index contributed by atoms with van der Waals surface area (Å²) < 4.78 is 0. The molecule has 0 radical (unpaired) electrons. The first-order valence-corrected chi connectivity index (χ1v) is 5.12. The van der Waals surface area contributed by atoms with Crippen LogP contribution in [0.4, 0.5) is 4.79 Å². The highest BCUT2D eigenvalue weighted by Crippen LogP contribution is 2.38. The number of carbonyl (C=O) groups excluding carboxylic acids is 1. The van der Waals surface area contributed by atoms with Crippen molar-refractivity contribution in [2.24, 2.45) is 11.3 Å². The van der Waals surface area contributed by atoms with E-state index in [2.05, 4.69) is 5.32 Å². The van der Waals surface area contributed by atoms with Crippen molar-refractivity contribution >= 4 is 6.03 Å². The van der Waals surface area contributed by atoms with Crippen molar-refractivity contribution in [1.29, 1.82) is 0 Å². The van der Waals surface area contributed by atoms with Gasteiger partial charge in [0.15, 0.2) is 0 Å². The Balaban J connectivity index is 1.84. The van der Waals surface area contributed by atoms with E-state index < -0.39 is 0 Å². The summed E-state index contributed by atoms with van der Waals surface area (Å²) >= 11 is 0. The highest BCUT2D eigenvalue weighted by atomic mass is 16.2. The van der Waals surface area contributed by atoms with Crippen LogP contribution in [0.15, 0.2) is 0 Å². The van der Waals surface area contributed by atoms with Gasteiger partial charge in [-0.3, -0.25) is 5.84 Å². The van der Waals surface area contributed by atoms with Gasteiger partial charge in [0.05, 0.1) is 0 Å². The molecule has 0 aromatic heterocycles. The van der Waals surface area contributed by atoms with Crippen LogP contribution in [0.5, 0.6) is 0 Å². The van der Waals surface area contributed by atoms with Crippen LogP contribution < -0.4 is 11.2 Å². The van der Waals surface area contributed by atoms with Gasteiger partial charge in [-0.15, -0.1) is 0 Å². The smallest absolute Gasteiger partial charge is 0.317 e. The zero-order chi connectivity index (χ0) is 10.2. The molecule has 2 saturated heterocycles. The number of nitrogens with one attached hydrogen (secondary N) is 1. The minimum Gasteiger partial charge on any atom is -0.341 e. The van der Waals surface area contributed by atoms with E-state index in [9.17, 15) is 4.79 Å². The third-order valence-electron chi connectivity index (χ3n) is 3.40. The Kier molecular flexibility index (Phi) is 2.36. The van der Waals surface area contributed by atoms with Crippen molar-refractivity contribution in [2.75, 3.05) is 33.2 Å². The lowest BCUT2D eigenvalue weighted by Gasteiger charge is -2.52. The number of nitrogens with zero attached hydrogens (tertiary/aromatic N) is 2. The van der Waals surface area contributed by atoms with Gasteiger partial charge < -0.3 is 10.2 Å². The fourth-order valence-corrected chi connectivity index (χ4v) is 2.47. The van der Waals surface area contributed by atoms with E-state index in [-0.39, 0.29) is 6.03 Å². The number of hydrogen-bond acceptors (Lipinski definition) is 3. The zero-order valence-corrected chi connectivity index (χ0v) is 8.62. The summed E-state index contributed by atoms with van der Waals surface area (Å²) in [5.74, 6) is 5.65. The fraction of sp³-hybridized carbons (Fsp3) is 0.889. The van der Waals surface area contributed by atoms with E-state index in [1.165, 1.54) is 0 Å². The van der Waals surface area contributed by atoms with Crippen LogP contribution in [0.25, 0.3) is 0 Å². The largest absolute Gasteiger partial charge is 0.341 e. The molecule has 0 atom stereocenters. The first-order chi connectivity index (χ1) is 6.65. The van der Waals surface area contributed by atoms with E-state index in [1.54, 1.807) is 7.05 Å². The van der Waals surface area contributed by atoms with E-state index in [0.717, 1.165) is 39.0 Å². The number of urea groups is 1. The van der Waals surface area contributed by atoms with Crippen LogP contribution in [-0.2, 0) is 0 Å². The Morgan fingerprint density at radius 1 is 1.36 bits per heavy atom. The van der Waals surface area contributed by atoms with Crippen molar-refractivity contribution in [3.63, 3.8) is 0 Å². The van der Waals surface area contributed by atoms with Crippen molar-refractivity contribution < 1.29 is 4.79 Å². The van der Waals surface area contributed by atoms with E-state index in [4.69, 9.17) is 5.84 Å². The summed E-state index contributed by atoms with van der Waals surface area (Å²) in [4.78, 5) is 13.2. The fourth-order valence-electron chi connectivity index (χ4n) is 2.47. The minimum absolute atomic E-state index is 0.0452. The number of amides is 2. The molecule has 2 fully saturated rings. The molecule has 0 aromatic carbocycles. The number of carbonyl (C=O) groups is 1. The zero-order valence-electron chi connectivity index (χ0n) is 8.62. The molecule has 14 heavy (non-hydrogen) atoms. The Morgan fingerprint density at radius 2 is 1.93 bits per heavy atom. The van der Waals surface area contributed by atoms with Crippen molar-refractivity contribution in [3.8, 4) is 0 Å². The number of piperidine rings is 1.